The third-order valence-corrected chi connectivity index (χ3v) is 4.64. The van der Waals surface area contributed by atoms with Crippen LogP contribution in [-0.2, 0) is 6.54 Å². The summed E-state index contributed by atoms with van der Waals surface area (Å²) in [5.74, 6) is 1.56. The molecule has 0 aliphatic carbocycles. The van der Waals surface area contributed by atoms with E-state index in [2.05, 4.69) is 44.8 Å². The molecule has 0 aliphatic rings. The van der Waals surface area contributed by atoms with Crippen molar-refractivity contribution in [2.75, 3.05) is 10.6 Å². The van der Waals surface area contributed by atoms with Crippen LogP contribution in [0.15, 0.2) is 34.4 Å². The summed E-state index contributed by atoms with van der Waals surface area (Å²) in [6.07, 6.45) is 3.59. The Kier molecular flexibility index (Phi) is 5.90. The molecule has 3 rings (SSSR count). The second kappa shape index (κ2) is 8.52. The summed E-state index contributed by atoms with van der Waals surface area (Å²) in [6, 6.07) is 5.42. The lowest BCUT2D eigenvalue weighted by Crippen LogP contribution is -2.12. The molecule has 0 radical (unpaired) electrons. The first-order valence-corrected chi connectivity index (χ1v) is 9.30. The molecule has 0 saturated heterocycles. The fraction of sp³-hybridized carbons (Fsp3) is 0.353. The van der Waals surface area contributed by atoms with Gasteiger partial charge >= 0.3 is 0 Å². The van der Waals surface area contributed by atoms with Crippen LogP contribution in [0, 0.1) is 0 Å². The van der Waals surface area contributed by atoms with Crippen molar-refractivity contribution in [2.24, 2.45) is 0 Å². The predicted molar refractivity (Wildman–Crippen MR) is 99.3 cm³/mol. The minimum Gasteiger partial charge on any atom is -0.363 e. The molecule has 0 saturated carbocycles. The summed E-state index contributed by atoms with van der Waals surface area (Å²) in [5.41, 5.74) is 2.99. The molecule has 0 bridgehead atoms. The van der Waals surface area contributed by atoms with E-state index in [1.54, 1.807) is 17.6 Å². The Morgan fingerprint density at radius 2 is 2.15 bits per heavy atom. The van der Waals surface area contributed by atoms with Crippen LogP contribution in [0.1, 0.15) is 54.4 Å². The molecule has 0 spiro atoms. The summed E-state index contributed by atoms with van der Waals surface area (Å²) < 4.78 is 5.38. The van der Waals surface area contributed by atoms with Crippen molar-refractivity contribution in [3.8, 4) is 0 Å². The van der Waals surface area contributed by atoms with E-state index in [-0.39, 0.29) is 5.91 Å². The van der Waals surface area contributed by atoms with Crippen molar-refractivity contribution < 1.29 is 9.32 Å². The van der Waals surface area contributed by atoms with Crippen LogP contribution >= 0.6 is 11.3 Å². The van der Waals surface area contributed by atoms with E-state index in [1.807, 2.05) is 6.07 Å². The number of hydrogen-bond acceptors (Lipinski definition) is 8. The number of carbonyl (C=O) groups excluding carboxylic acids is 1. The first kappa shape index (κ1) is 18.0. The van der Waals surface area contributed by atoms with Crippen molar-refractivity contribution >= 4 is 28.2 Å². The van der Waals surface area contributed by atoms with Crippen LogP contribution in [0.3, 0.4) is 0 Å². The van der Waals surface area contributed by atoms with Gasteiger partial charge in [0.15, 0.2) is 5.76 Å². The van der Waals surface area contributed by atoms with E-state index in [4.69, 9.17) is 4.52 Å². The molecular formula is C17H20N6O2S. The smallest absolute Gasteiger partial charge is 0.259 e. The average molecular weight is 372 g/mol. The lowest BCUT2D eigenvalue weighted by atomic mass is 9.99. The number of carbonyl (C=O) groups is 1. The van der Waals surface area contributed by atoms with E-state index >= 15 is 0 Å². The summed E-state index contributed by atoms with van der Waals surface area (Å²) in [6.45, 7) is 4.78. The normalized spacial score (nSPS) is 10.9. The van der Waals surface area contributed by atoms with Gasteiger partial charge < -0.3 is 9.84 Å². The zero-order valence-electron chi connectivity index (χ0n) is 14.6. The molecule has 3 heterocycles. The number of pyridine rings is 1. The van der Waals surface area contributed by atoms with Gasteiger partial charge in [-0.25, -0.2) is 4.98 Å². The second-order valence-electron chi connectivity index (χ2n) is 5.72. The highest BCUT2D eigenvalue weighted by molar-refractivity contribution is 7.13. The molecule has 3 aromatic heterocycles. The molecule has 1 amide bonds. The van der Waals surface area contributed by atoms with Gasteiger partial charge in [0.2, 0.25) is 5.13 Å². The van der Waals surface area contributed by atoms with Gasteiger partial charge in [0.25, 0.3) is 5.91 Å². The van der Waals surface area contributed by atoms with Crippen molar-refractivity contribution in [3.63, 3.8) is 0 Å². The van der Waals surface area contributed by atoms with Gasteiger partial charge in [-0.2, -0.15) is 0 Å². The van der Waals surface area contributed by atoms with Crippen LogP contribution in [0.4, 0.5) is 10.9 Å². The number of amides is 1. The van der Waals surface area contributed by atoms with Crippen molar-refractivity contribution in [1.29, 1.82) is 0 Å². The molecule has 0 atom stereocenters. The lowest BCUT2D eigenvalue weighted by molar-refractivity contribution is 0.102. The van der Waals surface area contributed by atoms with Crippen molar-refractivity contribution in [1.82, 2.24) is 20.3 Å². The van der Waals surface area contributed by atoms with Gasteiger partial charge in [-0.1, -0.05) is 30.3 Å². The second-order valence-corrected chi connectivity index (χ2v) is 6.55. The third kappa shape index (κ3) is 4.42. The van der Waals surface area contributed by atoms with Crippen molar-refractivity contribution in [3.05, 3.63) is 46.9 Å². The zero-order chi connectivity index (χ0) is 18.4. The predicted octanol–water partition coefficient (Wildman–Crippen LogP) is 3.69. The fourth-order valence-electron chi connectivity index (χ4n) is 2.52. The Morgan fingerprint density at radius 1 is 1.31 bits per heavy atom. The molecule has 26 heavy (non-hydrogen) atoms. The zero-order valence-corrected chi connectivity index (χ0v) is 15.4. The molecule has 2 N–H and O–H groups in total. The van der Waals surface area contributed by atoms with Crippen LogP contribution in [0.5, 0.6) is 0 Å². The number of aromatic nitrogens is 4. The number of nitrogens with one attached hydrogen (secondary N) is 2. The first-order chi connectivity index (χ1) is 12.7. The standard InChI is InChI=1S/C17H20N6O2S/c1-3-11(4-2)14-7-13(25-23-14)9-19-15-6-5-12(8-18-15)16(24)21-17-22-20-10-26-17/h5-8,10-11H,3-4,9H2,1-2H3,(H,18,19)(H,21,22,24). The average Bonchev–Trinajstić information content (AvgIpc) is 3.34. The summed E-state index contributed by atoms with van der Waals surface area (Å²) >= 11 is 1.26. The Balaban J connectivity index is 1.55. The number of anilines is 2. The Morgan fingerprint density at radius 3 is 2.81 bits per heavy atom. The summed E-state index contributed by atoms with van der Waals surface area (Å²) in [5, 5.41) is 17.9. The number of rotatable bonds is 8. The highest BCUT2D eigenvalue weighted by atomic mass is 32.1. The Bertz CT molecular complexity index is 827. The molecule has 0 aromatic carbocycles. The Labute approximate surface area is 155 Å². The van der Waals surface area contributed by atoms with Gasteiger partial charge in [-0.3, -0.25) is 10.1 Å². The fourth-order valence-corrected chi connectivity index (χ4v) is 2.96. The molecule has 0 unspecified atom stereocenters. The van der Waals surface area contributed by atoms with Crippen LogP contribution < -0.4 is 10.6 Å². The summed E-state index contributed by atoms with van der Waals surface area (Å²) in [4.78, 5) is 16.3. The quantitative estimate of drug-likeness (QED) is 0.621. The van der Waals surface area contributed by atoms with E-state index in [1.165, 1.54) is 17.5 Å². The van der Waals surface area contributed by atoms with Crippen LogP contribution in [0.2, 0.25) is 0 Å². The van der Waals surface area contributed by atoms with E-state index in [9.17, 15) is 4.79 Å². The molecule has 3 aromatic rings. The maximum Gasteiger partial charge on any atom is 0.259 e. The highest BCUT2D eigenvalue weighted by Crippen LogP contribution is 2.22. The van der Waals surface area contributed by atoms with E-state index in [0.717, 1.165) is 24.3 Å². The number of nitrogens with zero attached hydrogens (tertiary/aromatic N) is 4. The van der Waals surface area contributed by atoms with Crippen LogP contribution in [-0.4, -0.2) is 26.2 Å². The molecule has 9 heteroatoms. The minimum absolute atomic E-state index is 0.272. The van der Waals surface area contributed by atoms with Gasteiger partial charge in [0, 0.05) is 18.2 Å². The van der Waals surface area contributed by atoms with Gasteiger partial charge in [0.1, 0.15) is 11.3 Å². The summed E-state index contributed by atoms with van der Waals surface area (Å²) in [7, 11) is 0. The van der Waals surface area contributed by atoms with E-state index in [0.29, 0.717) is 29.0 Å². The van der Waals surface area contributed by atoms with E-state index < -0.39 is 0 Å². The molecular weight excluding hydrogens is 352 g/mol. The van der Waals surface area contributed by atoms with Crippen molar-refractivity contribution in [2.45, 2.75) is 39.2 Å². The maximum atomic E-state index is 12.1. The molecule has 8 nitrogen and oxygen atoms in total. The highest BCUT2D eigenvalue weighted by Gasteiger charge is 2.13. The largest absolute Gasteiger partial charge is 0.363 e. The van der Waals surface area contributed by atoms with Gasteiger partial charge in [-0.05, 0) is 25.0 Å². The molecule has 136 valence electrons. The lowest BCUT2D eigenvalue weighted by Gasteiger charge is -2.06. The Hall–Kier alpha value is -2.81. The van der Waals surface area contributed by atoms with Gasteiger partial charge in [-0.15, -0.1) is 10.2 Å². The van der Waals surface area contributed by atoms with Crippen LogP contribution in [0.25, 0.3) is 0 Å². The topological polar surface area (TPSA) is 106 Å². The number of hydrogen-bond donors (Lipinski definition) is 2. The maximum absolute atomic E-state index is 12.1. The first-order valence-electron chi connectivity index (χ1n) is 8.42. The third-order valence-electron chi connectivity index (χ3n) is 4.03. The minimum atomic E-state index is -0.272. The molecule has 0 fully saturated rings. The monoisotopic (exact) mass is 372 g/mol. The SMILES string of the molecule is CCC(CC)c1cc(CNc2ccc(C(=O)Nc3nncs3)cn2)on1. The van der Waals surface area contributed by atoms with Gasteiger partial charge in [0.05, 0.1) is 17.8 Å². The molecule has 0 aliphatic heterocycles.